The lowest BCUT2D eigenvalue weighted by atomic mass is 9.95. The third-order valence-electron chi connectivity index (χ3n) is 3.81. The number of nitrogens with two attached hydrogens (primary N) is 1. The summed E-state index contributed by atoms with van der Waals surface area (Å²) >= 11 is 0. The number of hydrogen-bond acceptors (Lipinski definition) is 2. The zero-order chi connectivity index (χ0) is 14.5. The van der Waals surface area contributed by atoms with E-state index < -0.39 is 0 Å². The smallest absolute Gasteiger partial charge is 0.0137 e. The highest BCUT2D eigenvalue weighted by Gasteiger charge is 2.15. The molecule has 0 unspecified atom stereocenters. The maximum Gasteiger partial charge on any atom is 0.0137 e. The molecule has 1 aromatic rings. The SMILES string of the molecule is Cc1ccc(C(C)C)cc1CCNC(C)(C)CCN. The Labute approximate surface area is 118 Å². The molecule has 0 aliphatic carbocycles. The minimum absolute atomic E-state index is 0.137. The molecule has 0 radical (unpaired) electrons. The standard InChI is InChI=1S/C17H30N2/c1-13(2)15-7-6-14(3)16(12-15)8-11-19-17(4,5)9-10-18/h6-7,12-13,19H,8-11,18H2,1-5H3. The van der Waals surface area contributed by atoms with Crippen molar-refractivity contribution in [1.29, 1.82) is 0 Å². The summed E-state index contributed by atoms with van der Waals surface area (Å²) in [6, 6.07) is 6.85. The van der Waals surface area contributed by atoms with Gasteiger partial charge in [0, 0.05) is 5.54 Å². The second-order valence-electron chi connectivity index (χ2n) is 6.44. The Morgan fingerprint density at radius 1 is 1.26 bits per heavy atom. The predicted octanol–water partition coefficient (Wildman–Crippen LogP) is 3.38. The summed E-state index contributed by atoms with van der Waals surface area (Å²) in [6.45, 7) is 12.9. The van der Waals surface area contributed by atoms with Gasteiger partial charge in [-0.3, -0.25) is 0 Å². The van der Waals surface area contributed by atoms with Crippen LogP contribution in [0.4, 0.5) is 0 Å². The van der Waals surface area contributed by atoms with E-state index in [1.165, 1.54) is 16.7 Å². The molecule has 0 aromatic heterocycles. The Kier molecular flexibility index (Phi) is 6.02. The fourth-order valence-electron chi connectivity index (χ4n) is 2.30. The van der Waals surface area contributed by atoms with E-state index >= 15 is 0 Å². The molecule has 0 atom stereocenters. The van der Waals surface area contributed by atoms with Crippen LogP contribution in [-0.2, 0) is 6.42 Å². The number of hydrogen-bond donors (Lipinski definition) is 2. The Hall–Kier alpha value is -0.860. The Balaban J connectivity index is 2.60. The molecule has 0 heterocycles. The van der Waals surface area contributed by atoms with Crippen molar-refractivity contribution in [2.24, 2.45) is 5.73 Å². The van der Waals surface area contributed by atoms with E-state index in [9.17, 15) is 0 Å². The molecular weight excluding hydrogens is 232 g/mol. The molecule has 0 fully saturated rings. The van der Waals surface area contributed by atoms with Crippen LogP contribution >= 0.6 is 0 Å². The number of rotatable bonds is 7. The Bertz CT molecular complexity index is 394. The summed E-state index contributed by atoms with van der Waals surface area (Å²) < 4.78 is 0. The number of nitrogens with one attached hydrogen (secondary N) is 1. The van der Waals surface area contributed by atoms with Crippen molar-refractivity contribution >= 4 is 0 Å². The summed E-state index contributed by atoms with van der Waals surface area (Å²) in [5.41, 5.74) is 10.1. The topological polar surface area (TPSA) is 38.0 Å². The van der Waals surface area contributed by atoms with Crippen LogP contribution in [0.3, 0.4) is 0 Å². The molecule has 0 aliphatic heterocycles. The highest BCUT2D eigenvalue weighted by atomic mass is 14.9. The third-order valence-corrected chi connectivity index (χ3v) is 3.81. The second-order valence-corrected chi connectivity index (χ2v) is 6.44. The zero-order valence-corrected chi connectivity index (χ0v) is 13.2. The first-order valence-corrected chi connectivity index (χ1v) is 7.40. The van der Waals surface area contributed by atoms with E-state index in [1.807, 2.05) is 0 Å². The van der Waals surface area contributed by atoms with Gasteiger partial charge in [-0.05, 0) is 69.3 Å². The summed E-state index contributed by atoms with van der Waals surface area (Å²) in [5, 5.41) is 3.60. The van der Waals surface area contributed by atoms with Crippen molar-refractivity contribution in [3.63, 3.8) is 0 Å². The Morgan fingerprint density at radius 3 is 2.53 bits per heavy atom. The van der Waals surface area contributed by atoms with E-state index in [-0.39, 0.29) is 5.54 Å². The average molecular weight is 262 g/mol. The van der Waals surface area contributed by atoms with Crippen LogP contribution < -0.4 is 11.1 Å². The van der Waals surface area contributed by atoms with Gasteiger partial charge in [-0.25, -0.2) is 0 Å². The van der Waals surface area contributed by atoms with Gasteiger partial charge < -0.3 is 11.1 Å². The lowest BCUT2D eigenvalue weighted by molar-refractivity contribution is 0.370. The second kappa shape index (κ2) is 7.06. The molecule has 108 valence electrons. The zero-order valence-electron chi connectivity index (χ0n) is 13.2. The van der Waals surface area contributed by atoms with E-state index in [2.05, 4.69) is 58.1 Å². The van der Waals surface area contributed by atoms with Gasteiger partial charge in [0.1, 0.15) is 0 Å². The monoisotopic (exact) mass is 262 g/mol. The maximum absolute atomic E-state index is 5.63. The molecule has 0 aliphatic rings. The molecule has 0 saturated heterocycles. The summed E-state index contributed by atoms with van der Waals surface area (Å²) in [4.78, 5) is 0. The molecule has 0 amide bonds. The largest absolute Gasteiger partial charge is 0.330 e. The van der Waals surface area contributed by atoms with Crippen molar-refractivity contribution in [1.82, 2.24) is 5.32 Å². The van der Waals surface area contributed by atoms with Crippen LogP contribution in [0.5, 0.6) is 0 Å². The fourth-order valence-corrected chi connectivity index (χ4v) is 2.30. The molecule has 0 bridgehead atoms. The minimum Gasteiger partial charge on any atom is -0.330 e. The lowest BCUT2D eigenvalue weighted by Gasteiger charge is -2.26. The number of benzene rings is 1. The van der Waals surface area contributed by atoms with Gasteiger partial charge in [0.2, 0.25) is 0 Å². The molecule has 0 spiro atoms. The van der Waals surface area contributed by atoms with Crippen LogP contribution in [0.1, 0.15) is 56.7 Å². The van der Waals surface area contributed by atoms with Gasteiger partial charge in [-0.15, -0.1) is 0 Å². The molecule has 0 saturated carbocycles. The molecule has 3 N–H and O–H groups in total. The first-order valence-electron chi connectivity index (χ1n) is 7.40. The van der Waals surface area contributed by atoms with Crippen LogP contribution in [-0.4, -0.2) is 18.6 Å². The average Bonchev–Trinajstić information content (AvgIpc) is 2.30. The fraction of sp³-hybridized carbons (Fsp3) is 0.647. The molecule has 1 aromatic carbocycles. The van der Waals surface area contributed by atoms with Gasteiger partial charge in [0.15, 0.2) is 0 Å². The quantitative estimate of drug-likeness (QED) is 0.790. The first kappa shape index (κ1) is 16.2. The van der Waals surface area contributed by atoms with Gasteiger partial charge in [-0.1, -0.05) is 32.0 Å². The van der Waals surface area contributed by atoms with Crippen LogP contribution in [0.25, 0.3) is 0 Å². The number of aryl methyl sites for hydroxylation is 1. The van der Waals surface area contributed by atoms with E-state index in [0.717, 1.165) is 25.9 Å². The van der Waals surface area contributed by atoms with Gasteiger partial charge >= 0.3 is 0 Å². The molecule has 1 rings (SSSR count). The van der Waals surface area contributed by atoms with Gasteiger partial charge in [0.05, 0.1) is 0 Å². The summed E-state index contributed by atoms with van der Waals surface area (Å²) in [7, 11) is 0. The minimum atomic E-state index is 0.137. The first-order chi connectivity index (χ1) is 8.85. The van der Waals surface area contributed by atoms with Crippen LogP contribution in [0.2, 0.25) is 0 Å². The Morgan fingerprint density at radius 2 is 1.95 bits per heavy atom. The molecular formula is C17H30N2. The summed E-state index contributed by atoms with van der Waals surface area (Å²) in [5.74, 6) is 0.598. The van der Waals surface area contributed by atoms with E-state index in [0.29, 0.717) is 5.92 Å². The van der Waals surface area contributed by atoms with Gasteiger partial charge in [0.25, 0.3) is 0 Å². The molecule has 2 nitrogen and oxygen atoms in total. The van der Waals surface area contributed by atoms with Gasteiger partial charge in [-0.2, -0.15) is 0 Å². The normalized spacial score (nSPS) is 12.2. The highest BCUT2D eigenvalue weighted by Crippen LogP contribution is 2.19. The van der Waals surface area contributed by atoms with Crippen molar-refractivity contribution in [2.45, 2.75) is 58.9 Å². The van der Waals surface area contributed by atoms with Crippen molar-refractivity contribution in [2.75, 3.05) is 13.1 Å². The van der Waals surface area contributed by atoms with Crippen molar-refractivity contribution < 1.29 is 0 Å². The molecule has 2 heteroatoms. The highest BCUT2D eigenvalue weighted by molar-refractivity contribution is 5.32. The van der Waals surface area contributed by atoms with Crippen molar-refractivity contribution in [3.8, 4) is 0 Å². The van der Waals surface area contributed by atoms with E-state index in [4.69, 9.17) is 5.73 Å². The van der Waals surface area contributed by atoms with Crippen LogP contribution in [0, 0.1) is 6.92 Å². The summed E-state index contributed by atoms with van der Waals surface area (Å²) in [6.07, 6.45) is 2.10. The predicted molar refractivity (Wildman–Crippen MR) is 84.7 cm³/mol. The van der Waals surface area contributed by atoms with Crippen LogP contribution in [0.15, 0.2) is 18.2 Å². The van der Waals surface area contributed by atoms with E-state index in [1.54, 1.807) is 0 Å². The lowest BCUT2D eigenvalue weighted by Crippen LogP contribution is -2.42. The van der Waals surface area contributed by atoms with Crippen molar-refractivity contribution in [3.05, 3.63) is 34.9 Å². The maximum atomic E-state index is 5.63. The molecule has 19 heavy (non-hydrogen) atoms. The third kappa shape index (κ3) is 5.33.